The van der Waals surface area contributed by atoms with E-state index in [1.807, 2.05) is 24.3 Å². The van der Waals surface area contributed by atoms with Crippen LogP contribution >= 0.6 is 46.6 Å². The molecule has 1 heterocycles. The Hall–Kier alpha value is -0.960. The summed E-state index contributed by atoms with van der Waals surface area (Å²) in [5.41, 5.74) is 1.53. The van der Waals surface area contributed by atoms with Gasteiger partial charge in [0.15, 0.2) is 0 Å². The van der Waals surface area contributed by atoms with E-state index in [0.29, 0.717) is 46.6 Å². The van der Waals surface area contributed by atoms with Crippen molar-refractivity contribution in [1.82, 2.24) is 9.62 Å². The predicted molar refractivity (Wildman–Crippen MR) is 134 cm³/mol. The minimum atomic E-state index is -3.64. The quantitative estimate of drug-likeness (QED) is 0.446. The summed E-state index contributed by atoms with van der Waals surface area (Å²) in [6.07, 6.45) is 1.30. The molecular weight excluding hydrogens is 511 g/mol. The molecule has 3 rings (SSSR count). The normalized spacial score (nSPS) is 17.3. The van der Waals surface area contributed by atoms with Crippen LogP contribution in [0, 0.1) is 5.92 Å². The van der Waals surface area contributed by atoms with Crippen LogP contribution in [0.15, 0.2) is 42.5 Å². The second-order valence-electron chi connectivity index (χ2n) is 7.63. The van der Waals surface area contributed by atoms with E-state index < -0.39 is 10.0 Å². The van der Waals surface area contributed by atoms with E-state index in [2.05, 4.69) is 5.32 Å². The van der Waals surface area contributed by atoms with E-state index >= 15 is 0 Å². The molecule has 0 radical (unpaired) electrons. The summed E-state index contributed by atoms with van der Waals surface area (Å²) in [6.45, 7) is 1.10. The number of benzene rings is 2. The number of halogens is 3. The molecule has 0 aliphatic carbocycles. The average Bonchev–Trinajstić information content (AvgIpc) is 2.76. The third kappa shape index (κ3) is 7.27. The number of piperidine rings is 1. The third-order valence-corrected chi connectivity index (χ3v) is 8.99. The van der Waals surface area contributed by atoms with Crippen molar-refractivity contribution >= 4 is 62.5 Å². The first-order valence-corrected chi connectivity index (χ1v) is 14.2. The number of amides is 1. The summed E-state index contributed by atoms with van der Waals surface area (Å²) >= 11 is 20.0. The Morgan fingerprint density at radius 1 is 1.12 bits per heavy atom. The third-order valence-electron chi connectivity index (χ3n) is 5.24. The molecule has 1 N–H and O–H groups in total. The molecule has 2 aromatic carbocycles. The molecular formula is C22H25Cl3N2O3S2. The van der Waals surface area contributed by atoms with Crippen molar-refractivity contribution in [3.05, 3.63) is 68.7 Å². The topological polar surface area (TPSA) is 66.5 Å². The van der Waals surface area contributed by atoms with Gasteiger partial charge in [-0.25, -0.2) is 12.7 Å². The van der Waals surface area contributed by atoms with Gasteiger partial charge < -0.3 is 5.32 Å². The fourth-order valence-electron chi connectivity index (χ4n) is 3.56. The molecule has 1 amide bonds. The van der Waals surface area contributed by atoms with Gasteiger partial charge in [0.2, 0.25) is 15.9 Å². The number of carbonyl (C=O) groups is 1. The summed E-state index contributed by atoms with van der Waals surface area (Å²) in [5, 5.41) is 4.30. The molecule has 32 heavy (non-hydrogen) atoms. The van der Waals surface area contributed by atoms with Gasteiger partial charge in [0.05, 0.1) is 11.7 Å². The Labute approximate surface area is 208 Å². The molecule has 5 nitrogen and oxygen atoms in total. The van der Waals surface area contributed by atoms with Crippen molar-refractivity contribution in [2.24, 2.45) is 5.92 Å². The molecule has 0 saturated carbocycles. The summed E-state index contributed by atoms with van der Waals surface area (Å²) in [5.74, 6) is 0.830. The molecule has 1 aliphatic rings. The summed E-state index contributed by atoms with van der Waals surface area (Å²) in [6, 6.07) is 12.6. The van der Waals surface area contributed by atoms with Crippen LogP contribution in [0.4, 0.5) is 0 Å². The van der Waals surface area contributed by atoms with Crippen molar-refractivity contribution in [3.8, 4) is 0 Å². The number of nitrogens with one attached hydrogen (secondary N) is 1. The van der Waals surface area contributed by atoms with Gasteiger partial charge in [0.1, 0.15) is 0 Å². The number of thioether (sulfide) groups is 1. The predicted octanol–water partition coefficient (Wildman–Crippen LogP) is 5.24. The highest BCUT2D eigenvalue weighted by Gasteiger charge is 2.33. The Morgan fingerprint density at radius 2 is 1.84 bits per heavy atom. The number of sulfonamides is 1. The standard InChI is InChI=1S/C22H25Cl3N2O3S2/c23-18-6-1-4-16(12-18)14-31-11-9-26-22(28)17-5-3-10-27(13-17)32(29,30)15-19-20(24)7-2-8-21(19)25/h1-2,4,6-8,12,17H,3,5,9-11,13-15H2,(H,26,28). The van der Waals surface area contributed by atoms with Crippen LogP contribution in [0.1, 0.15) is 24.0 Å². The van der Waals surface area contributed by atoms with Gasteiger partial charge in [-0.05, 0) is 42.7 Å². The number of nitrogens with zero attached hydrogens (tertiary/aromatic N) is 1. The number of hydrogen-bond donors (Lipinski definition) is 1. The van der Waals surface area contributed by atoms with Crippen molar-refractivity contribution in [2.75, 3.05) is 25.4 Å². The summed E-state index contributed by atoms with van der Waals surface area (Å²) in [4.78, 5) is 12.6. The molecule has 174 valence electrons. The van der Waals surface area contributed by atoms with Gasteiger partial charge in [-0.1, -0.05) is 53.0 Å². The lowest BCUT2D eigenvalue weighted by molar-refractivity contribution is -0.125. The van der Waals surface area contributed by atoms with Crippen LogP contribution < -0.4 is 5.32 Å². The van der Waals surface area contributed by atoms with E-state index in [1.54, 1.807) is 30.0 Å². The van der Waals surface area contributed by atoms with Gasteiger partial charge in [-0.3, -0.25) is 4.79 Å². The summed E-state index contributed by atoms with van der Waals surface area (Å²) in [7, 11) is -3.64. The zero-order valence-corrected chi connectivity index (χ0v) is 21.3. The highest BCUT2D eigenvalue weighted by molar-refractivity contribution is 7.98. The molecule has 2 aromatic rings. The van der Waals surface area contributed by atoms with Crippen molar-refractivity contribution in [3.63, 3.8) is 0 Å². The Balaban J connectivity index is 1.47. The molecule has 1 atom stereocenters. The first kappa shape index (κ1) is 25.7. The smallest absolute Gasteiger partial charge is 0.224 e. The minimum absolute atomic E-state index is 0.107. The number of rotatable bonds is 9. The molecule has 0 bridgehead atoms. The Morgan fingerprint density at radius 3 is 2.56 bits per heavy atom. The van der Waals surface area contributed by atoms with Crippen LogP contribution in [0.5, 0.6) is 0 Å². The first-order chi connectivity index (χ1) is 15.3. The number of carbonyl (C=O) groups excluding carboxylic acids is 1. The molecule has 1 aliphatic heterocycles. The van der Waals surface area contributed by atoms with Crippen LogP contribution in [0.25, 0.3) is 0 Å². The summed E-state index contributed by atoms with van der Waals surface area (Å²) < 4.78 is 27.3. The van der Waals surface area contributed by atoms with Crippen molar-refractivity contribution in [1.29, 1.82) is 0 Å². The molecule has 10 heteroatoms. The lowest BCUT2D eigenvalue weighted by Gasteiger charge is -2.31. The second-order valence-corrected chi connectivity index (χ2v) is 12.0. The van der Waals surface area contributed by atoms with E-state index in [0.717, 1.165) is 17.1 Å². The van der Waals surface area contributed by atoms with Crippen LogP contribution in [-0.2, 0) is 26.3 Å². The maximum Gasteiger partial charge on any atom is 0.224 e. The zero-order chi connectivity index (χ0) is 23.1. The van der Waals surface area contributed by atoms with E-state index in [-0.39, 0.29) is 24.1 Å². The number of hydrogen-bond acceptors (Lipinski definition) is 4. The van der Waals surface area contributed by atoms with E-state index in [9.17, 15) is 13.2 Å². The highest BCUT2D eigenvalue weighted by Crippen LogP contribution is 2.29. The lowest BCUT2D eigenvalue weighted by Crippen LogP contribution is -2.46. The monoisotopic (exact) mass is 534 g/mol. The SMILES string of the molecule is O=C(NCCSCc1cccc(Cl)c1)C1CCCN(S(=O)(=O)Cc2c(Cl)cccc2Cl)C1. The molecule has 1 unspecified atom stereocenters. The van der Waals surface area contributed by atoms with Crippen LogP contribution in [0.3, 0.4) is 0 Å². The van der Waals surface area contributed by atoms with Crippen LogP contribution in [-0.4, -0.2) is 44.0 Å². The Kier molecular flexibility index (Phi) is 9.58. The largest absolute Gasteiger partial charge is 0.355 e. The van der Waals surface area contributed by atoms with E-state index in [4.69, 9.17) is 34.8 Å². The first-order valence-electron chi connectivity index (χ1n) is 10.3. The fourth-order valence-corrected chi connectivity index (χ4v) is 6.94. The van der Waals surface area contributed by atoms with Gasteiger partial charge in [0, 0.05) is 51.8 Å². The minimum Gasteiger partial charge on any atom is -0.355 e. The highest BCUT2D eigenvalue weighted by atomic mass is 35.5. The maximum atomic E-state index is 12.9. The van der Waals surface area contributed by atoms with Gasteiger partial charge in [-0.2, -0.15) is 11.8 Å². The average molecular weight is 536 g/mol. The molecule has 0 spiro atoms. The van der Waals surface area contributed by atoms with Gasteiger partial charge >= 0.3 is 0 Å². The molecule has 0 aromatic heterocycles. The second kappa shape index (κ2) is 12.0. The van der Waals surface area contributed by atoms with Crippen molar-refractivity contribution < 1.29 is 13.2 Å². The lowest BCUT2D eigenvalue weighted by atomic mass is 9.99. The van der Waals surface area contributed by atoms with E-state index in [1.165, 1.54) is 4.31 Å². The maximum absolute atomic E-state index is 12.9. The van der Waals surface area contributed by atoms with Gasteiger partial charge in [0.25, 0.3) is 0 Å². The fraction of sp³-hybridized carbons (Fsp3) is 0.409. The molecule has 1 fully saturated rings. The van der Waals surface area contributed by atoms with Crippen molar-refractivity contribution in [2.45, 2.75) is 24.3 Å². The zero-order valence-electron chi connectivity index (χ0n) is 17.4. The van der Waals surface area contributed by atoms with Gasteiger partial charge in [-0.15, -0.1) is 0 Å². The van der Waals surface area contributed by atoms with Crippen LogP contribution in [0.2, 0.25) is 15.1 Å². The Bertz CT molecular complexity index is 1030. The molecule has 1 saturated heterocycles.